The van der Waals surface area contributed by atoms with Crippen molar-refractivity contribution in [3.8, 4) is 16.9 Å². The van der Waals surface area contributed by atoms with Crippen LogP contribution in [0.15, 0.2) is 42.5 Å². The maximum atomic E-state index is 11.5. The second-order valence-electron chi connectivity index (χ2n) is 13.0. The molecule has 0 atom stereocenters. The highest BCUT2D eigenvalue weighted by atomic mass is 28.3. The lowest BCUT2D eigenvalue weighted by molar-refractivity contribution is -0.134. The number of hydrogen-bond donors (Lipinski definition) is 0. The zero-order chi connectivity index (χ0) is 25.7. The molecule has 192 valence electrons. The summed E-state index contributed by atoms with van der Waals surface area (Å²) in [5.74, 6) is 3.49. The molecule has 0 N–H and O–H groups in total. The predicted molar refractivity (Wildman–Crippen MR) is 151 cm³/mol. The number of carbonyl (C=O) groups is 1. The Morgan fingerprint density at radius 1 is 0.944 bits per heavy atom. The average molecular weight is 503 g/mol. The largest absolute Gasteiger partial charge is 0.546 e. The van der Waals surface area contributed by atoms with Crippen LogP contribution in [0.5, 0.6) is 5.75 Å². The Balaban J connectivity index is 1.65. The Labute approximate surface area is 219 Å². The quantitative estimate of drug-likeness (QED) is 0.231. The van der Waals surface area contributed by atoms with Crippen LogP contribution in [0.3, 0.4) is 0 Å². The fourth-order valence-electron chi connectivity index (χ4n) is 7.74. The van der Waals surface area contributed by atoms with E-state index in [0.29, 0.717) is 0 Å². The van der Waals surface area contributed by atoms with Gasteiger partial charge in [-0.15, -0.1) is 0 Å². The minimum atomic E-state index is -1.35. The lowest BCUT2D eigenvalue weighted by Gasteiger charge is -2.58. The first kappa shape index (κ1) is 25.3. The van der Waals surface area contributed by atoms with Gasteiger partial charge in [0.1, 0.15) is 5.75 Å². The molecular weight excluding hydrogens is 460 g/mol. The molecule has 6 rings (SSSR count). The van der Waals surface area contributed by atoms with E-state index in [1.54, 1.807) is 11.6 Å². The molecule has 4 aliphatic rings. The molecule has 0 unspecified atom stereocenters. The third kappa shape index (κ3) is 4.81. The van der Waals surface area contributed by atoms with Crippen LogP contribution >= 0.6 is 0 Å². The number of carbonyl (C=O) groups excluding carboxylic acids is 1. The molecule has 3 nitrogen and oxygen atoms in total. The molecule has 0 aliphatic heterocycles. The van der Waals surface area contributed by atoms with Crippen molar-refractivity contribution >= 4 is 21.1 Å². The summed E-state index contributed by atoms with van der Waals surface area (Å²) < 4.78 is 11.7. The number of hydrogen-bond acceptors (Lipinski definition) is 3. The summed E-state index contributed by atoms with van der Waals surface area (Å²) in [4.78, 5) is 11.5. The highest BCUT2D eigenvalue weighted by molar-refractivity contribution is 6.49. The zero-order valence-electron chi connectivity index (χ0n) is 22.9. The number of rotatable bonds is 6. The van der Waals surface area contributed by atoms with Crippen LogP contribution in [0.1, 0.15) is 76.0 Å². The maximum Gasteiger partial charge on any atom is 0.330 e. The molecule has 0 spiro atoms. The van der Waals surface area contributed by atoms with Gasteiger partial charge in [-0.1, -0.05) is 57.2 Å². The van der Waals surface area contributed by atoms with Crippen molar-refractivity contribution < 1.29 is 14.0 Å². The van der Waals surface area contributed by atoms with Crippen molar-refractivity contribution in [2.24, 2.45) is 17.8 Å². The lowest BCUT2D eigenvalue weighted by atomic mass is 9.47. The summed E-state index contributed by atoms with van der Waals surface area (Å²) in [5.41, 5.74) is 6.74. The fraction of sp³-hybridized carbons (Fsp3) is 0.531. The summed E-state index contributed by atoms with van der Waals surface area (Å²) in [5, 5.41) is 0. The van der Waals surface area contributed by atoms with Crippen LogP contribution in [0.25, 0.3) is 17.2 Å². The third-order valence-corrected chi connectivity index (χ3v) is 9.43. The standard InChI is InChI=1S/C32H42O3Si/c1-31(2,3)27-13-12-26(25-10-7-21(8-11-25)9-14-28(33)34-4)30(35-36(5)6)29(27)32-18-22-15-23(19-32)17-24(16-22)20-32/h7-14,22-24,36H,15-20H2,1-6H3. The summed E-state index contributed by atoms with van der Waals surface area (Å²) in [6, 6.07) is 13.2. The molecule has 36 heavy (non-hydrogen) atoms. The monoisotopic (exact) mass is 502 g/mol. The summed E-state index contributed by atoms with van der Waals surface area (Å²) in [7, 11) is 0.0525. The van der Waals surface area contributed by atoms with Gasteiger partial charge < -0.3 is 9.16 Å². The number of benzene rings is 2. The first-order valence-corrected chi connectivity index (χ1v) is 16.6. The topological polar surface area (TPSA) is 35.5 Å². The molecular formula is C32H42O3Si. The van der Waals surface area contributed by atoms with Crippen LogP contribution in [0.2, 0.25) is 13.1 Å². The Morgan fingerprint density at radius 2 is 1.53 bits per heavy atom. The molecule has 4 saturated carbocycles. The number of methoxy groups -OCH3 is 1. The molecule has 4 heteroatoms. The van der Waals surface area contributed by atoms with Gasteiger partial charge in [-0.3, -0.25) is 0 Å². The molecule has 0 amide bonds. The van der Waals surface area contributed by atoms with Gasteiger partial charge in [0.05, 0.1) is 7.11 Å². The van der Waals surface area contributed by atoms with Crippen LogP contribution in [0, 0.1) is 17.8 Å². The van der Waals surface area contributed by atoms with Crippen LogP contribution in [-0.4, -0.2) is 22.1 Å². The highest BCUT2D eigenvalue weighted by Crippen LogP contribution is 2.63. The second-order valence-corrected chi connectivity index (χ2v) is 15.3. The average Bonchev–Trinajstić information content (AvgIpc) is 2.80. The molecule has 0 aromatic heterocycles. The lowest BCUT2D eigenvalue weighted by Crippen LogP contribution is -2.49. The van der Waals surface area contributed by atoms with Crippen molar-refractivity contribution in [1.82, 2.24) is 0 Å². The van der Waals surface area contributed by atoms with E-state index in [9.17, 15) is 4.79 Å². The van der Waals surface area contributed by atoms with E-state index in [4.69, 9.17) is 9.16 Å². The normalized spacial score (nSPS) is 27.1. The highest BCUT2D eigenvalue weighted by Gasteiger charge is 2.54. The first-order valence-electron chi connectivity index (χ1n) is 13.8. The third-order valence-electron chi connectivity index (χ3n) is 8.72. The minimum absolute atomic E-state index is 0.0659. The van der Waals surface area contributed by atoms with E-state index in [2.05, 4.69) is 70.3 Å². The van der Waals surface area contributed by atoms with Gasteiger partial charge in [0, 0.05) is 22.6 Å². The molecule has 2 aromatic rings. The van der Waals surface area contributed by atoms with Crippen LogP contribution in [-0.2, 0) is 20.4 Å². The Kier molecular flexibility index (Phi) is 6.69. The van der Waals surface area contributed by atoms with E-state index in [1.165, 1.54) is 74.2 Å². The van der Waals surface area contributed by atoms with Crippen molar-refractivity contribution in [3.05, 3.63) is 59.2 Å². The predicted octanol–water partition coefficient (Wildman–Crippen LogP) is 7.67. The SMILES string of the molecule is COC(=O)C=Cc1ccc(-c2ccc(C(C)(C)C)c(C34CC5CC(CC(C5)C3)C4)c2O[SiH](C)C)cc1. The fourth-order valence-corrected chi connectivity index (χ4v) is 8.46. The molecule has 0 saturated heterocycles. The maximum absolute atomic E-state index is 11.5. The Morgan fingerprint density at radius 3 is 2.03 bits per heavy atom. The smallest absolute Gasteiger partial charge is 0.330 e. The van der Waals surface area contributed by atoms with E-state index >= 15 is 0 Å². The molecule has 2 aromatic carbocycles. The molecule has 4 aliphatic carbocycles. The van der Waals surface area contributed by atoms with Crippen molar-refractivity contribution in [3.63, 3.8) is 0 Å². The van der Waals surface area contributed by atoms with Gasteiger partial charge in [-0.05, 0) is 97.6 Å². The van der Waals surface area contributed by atoms with Gasteiger partial charge in [0.15, 0.2) is 0 Å². The van der Waals surface area contributed by atoms with Gasteiger partial charge in [-0.25, -0.2) is 4.79 Å². The summed E-state index contributed by atoms with van der Waals surface area (Å²) >= 11 is 0. The van der Waals surface area contributed by atoms with Crippen molar-refractivity contribution in [1.29, 1.82) is 0 Å². The van der Waals surface area contributed by atoms with E-state index < -0.39 is 9.04 Å². The van der Waals surface area contributed by atoms with Gasteiger partial charge in [0.2, 0.25) is 9.04 Å². The second kappa shape index (κ2) is 9.52. The van der Waals surface area contributed by atoms with Gasteiger partial charge in [-0.2, -0.15) is 0 Å². The Hall–Kier alpha value is -2.33. The van der Waals surface area contributed by atoms with Gasteiger partial charge in [0.25, 0.3) is 0 Å². The van der Waals surface area contributed by atoms with E-state index in [-0.39, 0.29) is 16.8 Å². The summed E-state index contributed by atoms with van der Waals surface area (Å²) in [6.07, 6.45) is 11.6. The zero-order valence-corrected chi connectivity index (χ0v) is 24.1. The van der Waals surface area contributed by atoms with Crippen molar-refractivity contribution in [2.45, 2.75) is 83.2 Å². The molecule has 0 heterocycles. The van der Waals surface area contributed by atoms with E-state index in [0.717, 1.165) is 23.3 Å². The summed E-state index contributed by atoms with van der Waals surface area (Å²) in [6.45, 7) is 11.7. The van der Waals surface area contributed by atoms with Crippen molar-refractivity contribution in [2.75, 3.05) is 7.11 Å². The van der Waals surface area contributed by atoms with Crippen LogP contribution in [0.4, 0.5) is 0 Å². The Bertz CT molecular complexity index is 1120. The number of ether oxygens (including phenoxy) is 1. The molecule has 4 fully saturated rings. The first-order chi connectivity index (χ1) is 17.1. The number of esters is 1. The van der Waals surface area contributed by atoms with E-state index in [1.807, 2.05) is 0 Å². The van der Waals surface area contributed by atoms with Gasteiger partial charge >= 0.3 is 5.97 Å². The van der Waals surface area contributed by atoms with Crippen LogP contribution < -0.4 is 4.43 Å². The molecule has 4 bridgehead atoms. The molecule has 0 radical (unpaired) electrons. The minimum Gasteiger partial charge on any atom is -0.546 e.